The molecule has 14 heavy (non-hydrogen) atoms. The smallest absolute Gasteiger partial charge is 0.136 e. The van der Waals surface area contributed by atoms with Crippen molar-refractivity contribution >= 4 is 0 Å². The predicted octanol–water partition coefficient (Wildman–Crippen LogP) is 1.75. The van der Waals surface area contributed by atoms with Crippen LogP contribution in [0.3, 0.4) is 0 Å². The van der Waals surface area contributed by atoms with Crippen LogP contribution in [0.2, 0.25) is 0 Å². The fourth-order valence-corrected chi connectivity index (χ4v) is 1.16. The molecule has 2 N–H and O–H groups in total. The van der Waals surface area contributed by atoms with Gasteiger partial charge in [0.15, 0.2) is 0 Å². The topological polar surface area (TPSA) is 59.0 Å². The van der Waals surface area contributed by atoms with Gasteiger partial charge in [0.2, 0.25) is 0 Å². The molecule has 0 amide bonds. The van der Waals surface area contributed by atoms with Crippen LogP contribution in [0.1, 0.15) is 17.2 Å². The second-order valence-electron chi connectivity index (χ2n) is 2.83. The molecule has 0 aliphatic heterocycles. The number of nitrogens with zero attached hydrogens (tertiary/aromatic N) is 1. The highest BCUT2D eigenvalue weighted by Gasteiger charge is 2.06. The summed E-state index contributed by atoms with van der Waals surface area (Å²) in [6, 6.07) is 7.08. The summed E-state index contributed by atoms with van der Waals surface area (Å²) in [5.74, 6) is 0.563. The van der Waals surface area contributed by atoms with Crippen molar-refractivity contribution in [1.82, 2.24) is 0 Å². The van der Waals surface area contributed by atoms with Crippen molar-refractivity contribution in [1.29, 1.82) is 5.26 Å². The molecule has 1 atom stereocenters. The summed E-state index contributed by atoms with van der Waals surface area (Å²) >= 11 is 0. The molecule has 0 radical (unpaired) electrons. The monoisotopic (exact) mass is 188 g/mol. The van der Waals surface area contributed by atoms with E-state index in [0.717, 1.165) is 5.56 Å². The number of methoxy groups -OCH3 is 1. The van der Waals surface area contributed by atoms with Gasteiger partial charge < -0.3 is 10.5 Å². The normalized spacial score (nSPS) is 11.5. The first-order chi connectivity index (χ1) is 6.72. The largest absolute Gasteiger partial charge is 0.495 e. The minimum atomic E-state index is -0.243. The van der Waals surface area contributed by atoms with Crippen molar-refractivity contribution in [3.05, 3.63) is 42.0 Å². The Balaban J connectivity index is 3.15. The van der Waals surface area contributed by atoms with Crippen LogP contribution in [-0.2, 0) is 0 Å². The van der Waals surface area contributed by atoms with Crippen molar-refractivity contribution < 1.29 is 4.74 Å². The first kappa shape index (κ1) is 10.3. The zero-order valence-corrected chi connectivity index (χ0v) is 8.03. The number of ether oxygens (including phenoxy) is 1. The highest BCUT2D eigenvalue weighted by Crippen LogP contribution is 2.21. The van der Waals surface area contributed by atoms with Crippen LogP contribution in [-0.4, -0.2) is 7.11 Å². The van der Waals surface area contributed by atoms with Crippen LogP contribution in [0.15, 0.2) is 30.9 Å². The molecule has 0 aliphatic carbocycles. The first-order valence-corrected chi connectivity index (χ1v) is 4.19. The summed E-state index contributed by atoms with van der Waals surface area (Å²) in [7, 11) is 1.53. The van der Waals surface area contributed by atoms with Gasteiger partial charge in [-0.2, -0.15) is 5.26 Å². The number of rotatable bonds is 3. The minimum Gasteiger partial charge on any atom is -0.495 e. The summed E-state index contributed by atoms with van der Waals surface area (Å²) in [4.78, 5) is 0. The summed E-state index contributed by atoms with van der Waals surface area (Å²) in [6.45, 7) is 3.60. The third-order valence-corrected chi connectivity index (χ3v) is 1.98. The van der Waals surface area contributed by atoms with Crippen LogP contribution >= 0.6 is 0 Å². The summed E-state index contributed by atoms with van der Waals surface area (Å²) in [5.41, 5.74) is 7.09. The lowest BCUT2D eigenvalue weighted by atomic mass is 10.0. The second kappa shape index (κ2) is 4.45. The van der Waals surface area contributed by atoms with Gasteiger partial charge in [0.05, 0.1) is 12.7 Å². The van der Waals surface area contributed by atoms with Gasteiger partial charge in [-0.1, -0.05) is 12.1 Å². The lowest BCUT2D eigenvalue weighted by Gasteiger charge is -2.08. The van der Waals surface area contributed by atoms with Crippen molar-refractivity contribution in [2.75, 3.05) is 7.11 Å². The maximum Gasteiger partial charge on any atom is 0.136 e. The molecule has 3 nitrogen and oxygen atoms in total. The maximum absolute atomic E-state index is 8.83. The van der Waals surface area contributed by atoms with E-state index >= 15 is 0 Å². The van der Waals surface area contributed by atoms with Gasteiger partial charge in [-0.25, -0.2) is 0 Å². The number of nitrogens with two attached hydrogens (primary N) is 1. The average Bonchev–Trinajstić information content (AvgIpc) is 2.26. The van der Waals surface area contributed by atoms with Crippen molar-refractivity contribution in [2.45, 2.75) is 6.04 Å². The fourth-order valence-electron chi connectivity index (χ4n) is 1.16. The maximum atomic E-state index is 8.83. The van der Waals surface area contributed by atoms with Gasteiger partial charge in [0.25, 0.3) is 0 Å². The van der Waals surface area contributed by atoms with E-state index in [1.54, 1.807) is 18.2 Å². The van der Waals surface area contributed by atoms with Crippen LogP contribution in [0, 0.1) is 11.3 Å². The SMILES string of the molecule is C=C[C@H](N)c1ccc(OC)c(C#N)c1. The summed E-state index contributed by atoms with van der Waals surface area (Å²) in [6.07, 6.45) is 1.63. The van der Waals surface area contributed by atoms with Crippen molar-refractivity contribution in [3.8, 4) is 11.8 Å². The minimum absolute atomic E-state index is 0.243. The van der Waals surface area contributed by atoms with Crippen LogP contribution < -0.4 is 10.5 Å². The highest BCUT2D eigenvalue weighted by atomic mass is 16.5. The van der Waals surface area contributed by atoms with E-state index in [9.17, 15) is 0 Å². The predicted molar refractivity (Wildman–Crippen MR) is 54.8 cm³/mol. The molecule has 0 spiro atoms. The van der Waals surface area contributed by atoms with Crippen molar-refractivity contribution in [3.63, 3.8) is 0 Å². The molecule has 0 unspecified atom stereocenters. The van der Waals surface area contributed by atoms with Crippen LogP contribution in [0.4, 0.5) is 0 Å². The Morgan fingerprint density at radius 3 is 2.86 bits per heavy atom. The number of hydrogen-bond acceptors (Lipinski definition) is 3. The molecule has 0 aromatic heterocycles. The Kier molecular flexibility index (Phi) is 3.27. The van der Waals surface area contributed by atoms with Gasteiger partial charge in [-0.05, 0) is 17.7 Å². The van der Waals surface area contributed by atoms with Gasteiger partial charge in [-0.3, -0.25) is 0 Å². The second-order valence-corrected chi connectivity index (χ2v) is 2.83. The molecule has 1 rings (SSSR count). The highest BCUT2D eigenvalue weighted by molar-refractivity contribution is 5.46. The van der Waals surface area contributed by atoms with Gasteiger partial charge in [-0.15, -0.1) is 6.58 Å². The van der Waals surface area contributed by atoms with E-state index in [1.165, 1.54) is 7.11 Å². The number of nitriles is 1. The third-order valence-electron chi connectivity index (χ3n) is 1.98. The molecular formula is C11H12N2O. The Hall–Kier alpha value is -1.79. The Morgan fingerprint density at radius 2 is 2.36 bits per heavy atom. The lowest BCUT2D eigenvalue weighted by Crippen LogP contribution is -2.06. The van der Waals surface area contributed by atoms with E-state index in [2.05, 4.69) is 12.6 Å². The molecule has 1 aromatic carbocycles. The molecular weight excluding hydrogens is 176 g/mol. The summed E-state index contributed by atoms with van der Waals surface area (Å²) < 4.78 is 5.02. The molecule has 0 fully saturated rings. The number of benzene rings is 1. The Morgan fingerprint density at radius 1 is 1.64 bits per heavy atom. The van der Waals surface area contributed by atoms with E-state index in [-0.39, 0.29) is 6.04 Å². The summed E-state index contributed by atoms with van der Waals surface area (Å²) in [5, 5.41) is 8.83. The Labute approximate surface area is 83.4 Å². The average molecular weight is 188 g/mol. The van der Waals surface area contributed by atoms with E-state index < -0.39 is 0 Å². The van der Waals surface area contributed by atoms with E-state index in [1.807, 2.05) is 6.07 Å². The quantitative estimate of drug-likeness (QED) is 0.735. The molecule has 0 heterocycles. The zero-order chi connectivity index (χ0) is 10.6. The van der Waals surface area contributed by atoms with Crippen LogP contribution in [0.25, 0.3) is 0 Å². The zero-order valence-electron chi connectivity index (χ0n) is 8.03. The molecule has 0 bridgehead atoms. The molecule has 0 saturated heterocycles. The van der Waals surface area contributed by atoms with Crippen molar-refractivity contribution in [2.24, 2.45) is 5.73 Å². The van der Waals surface area contributed by atoms with Gasteiger partial charge in [0, 0.05) is 6.04 Å². The Bertz CT molecular complexity index is 379. The third kappa shape index (κ3) is 1.93. The van der Waals surface area contributed by atoms with E-state index in [4.69, 9.17) is 15.7 Å². The fraction of sp³-hybridized carbons (Fsp3) is 0.182. The lowest BCUT2D eigenvalue weighted by molar-refractivity contribution is 0.413. The molecule has 0 aliphatic rings. The standard InChI is InChI=1S/C11H12N2O/c1-3-10(13)8-4-5-11(14-2)9(6-8)7-12/h3-6,10H,1,13H2,2H3/t10-/m0/s1. The first-order valence-electron chi connectivity index (χ1n) is 4.19. The number of hydrogen-bond donors (Lipinski definition) is 1. The molecule has 1 aromatic rings. The molecule has 72 valence electrons. The molecule has 3 heteroatoms. The van der Waals surface area contributed by atoms with Gasteiger partial charge in [0.1, 0.15) is 11.8 Å². The van der Waals surface area contributed by atoms with Crippen LogP contribution in [0.5, 0.6) is 5.75 Å². The van der Waals surface area contributed by atoms with Gasteiger partial charge >= 0.3 is 0 Å². The van der Waals surface area contributed by atoms with E-state index in [0.29, 0.717) is 11.3 Å². The molecule has 0 saturated carbocycles.